The van der Waals surface area contributed by atoms with E-state index in [4.69, 9.17) is 10.00 Å². The standard InChI is InChI=1S/C14H16N2O2/c1-18-13-6-4-11(5-7-13)9-14(17)16-8-2-3-12(16)10-15/h4-7,12H,2-3,8-9H2,1H3. The Balaban J connectivity index is 2.00. The minimum atomic E-state index is -0.240. The number of ether oxygens (including phenoxy) is 1. The normalized spacial score (nSPS) is 18.4. The molecule has 0 bridgehead atoms. The number of methoxy groups -OCH3 is 1. The molecule has 18 heavy (non-hydrogen) atoms. The third-order valence-corrected chi connectivity index (χ3v) is 3.24. The Labute approximate surface area is 107 Å². The number of nitrogens with zero attached hydrogens (tertiary/aromatic N) is 2. The highest BCUT2D eigenvalue weighted by Gasteiger charge is 2.28. The quantitative estimate of drug-likeness (QED) is 0.814. The first-order valence-electron chi connectivity index (χ1n) is 6.06. The molecular weight excluding hydrogens is 228 g/mol. The Kier molecular flexibility index (Phi) is 3.83. The van der Waals surface area contributed by atoms with Crippen LogP contribution in [0.15, 0.2) is 24.3 Å². The second-order valence-electron chi connectivity index (χ2n) is 4.40. The molecule has 0 spiro atoms. The van der Waals surface area contributed by atoms with Crippen molar-refractivity contribution in [1.82, 2.24) is 4.90 Å². The lowest BCUT2D eigenvalue weighted by atomic mass is 10.1. The Morgan fingerprint density at radius 2 is 2.22 bits per heavy atom. The van der Waals surface area contributed by atoms with E-state index in [2.05, 4.69) is 6.07 Å². The van der Waals surface area contributed by atoms with Gasteiger partial charge in [0.15, 0.2) is 0 Å². The zero-order valence-corrected chi connectivity index (χ0v) is 10.4. The van der Waals surface area contributed by atoms with E-state index in [0.717, 1.165) is 24.2 Å². The zero-order chi connectivity index (χ0) is 13.0. The fourth-order valence-corrected chi connectivity index (χ4v) is 2.22. The summed E-state index contributed by atoms with van der Waals surface area (Å²) in [5.41, 5.74) is 0.949. The van der Waals surface area contributed by atoms with E-state index < -0.39 is 0 Å². The summed E-state index contributed by atoms with van der Waals surface area (Å²) in [6.07, 6.45) is 2.07. The van der Waals surface area contributed by atoms with Gasteiger partial charge in [0.25, 0.3) is 0 Å². The van der Waals surface area contributed by atoms with Crippen molar-refractivity contribution in [1.29, 1.82) is 5.26 Å². The van der Waals surface area contributed by atoms with Gasteiger partial charge in [0.1, 0.15) is 11.8 Å². The third kappa shape index (κ3) is 2.62. The number of amides is 1. The van der Waals surface area contributed by atoms with Gasteiger partial charge in [0.05, 0.1) is 19.6 Å². The molecule has 1 aromatic rings. The van der Waals surface area contributed by atoms with E-state index in [0.29, 0.717) is 13.0 Å². The van der Waals surface area contributed by atoms with Crippen molar-refractivity contribution < 1.29 is 9.53 Å². The second kappa shape index (κ2) is 5.54. The van der Waals surface area contributed by atoms with Crippen LogP contribution in [0.5, 0.6) is 5.75 Å². The van der Waals surface area contributed by atoms with Crippen LogP contribution in [0.25, 0.3) is 0 Å². The van der Waals surface area contributed by atoms with Gasteiger partial charge in [-0.25, -0.2) is 0 Å². The van der Waals surface area contributed by atoms with Crippen LogP contribution in [-0.2, 0) is 11.2 Å². The molecule has 2 rings (SSSR count). The van der Waals surface area contributed by atoms with Crippen molar-refractivity contribution in [2.75, 3.05) is 13.7 Å². The van der Waals surface area contributed by atoms with Crippen molar-refractivity contribution in [3.05, 3.63) is 29.8 Å². The van der Waals surface area contributed by atoms with Crippen LogP contribution in [0.2, 0.25) is 0 Å². The number of benzene rings is 1. The molecule has 1 aliphatic heterocycles. The van der Waals surface area contributed by atoms with Gasteiger partial charge in [0.2, 0.25) is 5.91 Å². The Morgan fingerprint density at radius 1 is 1.50 bits per heavy atom. The number of carbonyl (C=O) groups excluding carboxylic acids is 1. The second-order valence-corrected chi connectivity index (χ2v) is 4.40. The molecule has 1 saturated heterocycles. The molecule has 4 nitrogen and oxygen atoms in total. The van der Waals surface area contributed by atoms with Crippen molar-refractivity contribution in [3.8, 4) is 11.8 Å². The van der Waals surface area contributed by atoms with Gasteiger partial charge in [-0.2, -0.15) is 5.26 Å². The molecule has 1 aromatic carbocycles. The molecule has 1 heterocycles. The minimum absolute atomic E-state index is 0.0317. The molecule has 94 valence electrons. The molecule has 1 amide bonds. The number of hydrogen-bond donors (Lipinski definition) is 0. The van der Waals surface area contributed by atoms with Gasteiger partial charge < -0.3 is 9.64 Å². The lowest BCUT2D eigenvalue weighted by Crippen LogP contribution is -2.35. The smallest absolute Gasteiger partial charge is 0.228 e. The topological polar surface area (TPSA) is 53.3 Å². The van der Waals surface area contributed by atoms with Gasteiger partial charge >= 0.3 is 0 Å². The van der Waals surface area contributed by atoms with Gasteiger partial charge in [-0.1, -0.05) is 12.1 Å². The maximum atomic E-state index is 12.1. The summed E-state index contributed by atoms with van der Waals surface area (Å²) < 4.78 is 5.07. The van der Waals surface area contributed by atoms with Crippen molar-refractivity contribution >= 4 is 5.91 Å². The maximum absolute atomic E-state index is 12.1. The van der Waals surface area contributed by atoms with Crippen LogP contribution in [0.1, 0.15) is 18.4 Å². The minimum Gasteiger partial charge on any atom is -0.497 e. The highest BCUT2D eigenvalue weighted by molar-refractivity contribution is 5.79. The predicted molar refractivity (Wildman–Crippen MR) is 67.0 cm³/mol. The largest absolute Gasteiger partial charge is 0.497 e. The van der Waals surface area contributed by atoms with E-state index >= 15 is 0 Å². The van der Waals surface area contributed by atoms with Gasteiger partial charge in [-0.05, 0) is 30.5 Å². The average Bonchev–Trinajstić information content (AvgIpc) is 2.88. The highest BCUT2D eigenvalue weighted by atomic mass is 16.5. The summed E-state index contributed by atoms with van der Waals surface area (Å²) in [7, 11) is 1.61. The Morgan fingerprint density at radius 3 is 2.83 bits per heavy atom. The molecule has 0 N–H and O–H groups in total. The lowest BCUT2D eigenvalue weighted by molar-refractivity contribution is -0.130. The van der Waals surface area contributed by atoms with Crippen LogP contribution in [0.4, 0.5) is 0 Å². The fourth-order valence-electron chi connectivity index (χ4n) is 2.22. The first-order valence-corrected chi connectivity index (χ1v) is 6.06. The Hall–Kier alpha value is -2.02. The van der Waals surface area contributed by atoms with E-state index in [-0.39, 0.29) is 11.9 Å². The van der Waals surface area contributed by atoms with Gasteiger partial charge in [-0.3, -0.25) is 4.79 Å². The zero-order valence-electron chi connectivity index (χ0n) is 10.4. The summed E-state index contributed by atoms with van der Waals surface area (Å²) >= 11 is 0. The lowest BCUT2D eigenvalue weighted by Gasteiger charge is -2.19. The van der Waals surface area contributed by atoms with Crippen LogP contribution >= 0.6 is 0 Å². The molecule has 1 aliphatic rings. The van der Waals surface area contributed by atoms with Gasteiger partial charge in [-0.15, -0.1) is 0 Å². The van der Waals surface area contributed by atoms with Gasteiger partial charge in [0, 0.05) is 6.54 Å². The summed E-state index contributed by atoms with van der Waals surface area (Å²) in [5, 5.41) is 8.96. The molecule has 1 fully saturated rings. The van der Waals surface area contributed by atoms with E-state index in [9.17, 15) is 4.79 Å². The van der Waals surface area contributed by atoms with Crippen LogP contribution in [0.3, 0.4) is 0 Å². The molecule has 1 unspecified atom stereocenters. The number of carbonyl (C=O) groups is 1. The average molecular weight is 244 g/mol. The van der Waals surface area contributed by atoms with E-state index in [1.54, 1.807) is 12.0 Å². The Bertz CT molecular complexity index is 462. The monoisotopic (exact) mass is 244 g/mol. The molecule has 0 saturated carbocycles. The molecule has 4 heteroatoms. The van der Waals surface area contributed by atoms with E-state index in [1.165, 1.54) is 0 Å². The van der Waals surface area contributed by atoms with Crippen LogP contribution < -0.4 is 4.74 Å². The number of nitriles is 1. The van der Waals surface area contributed by atoms with Crippen molar-refractivity contribution in [3.63, 3.8) is 0 Å². The molecule has 0 radical (unpaired) electrons. The third-order valence-electron chi connectivity index (χ3n) is 3.24. The van der Waals surface area contributed by atoms with Crippen LogP contribution in [-0.4, -0.2) is 30.5 Å². The molecule has 0 aromatic heterocycles. The summed E-state index contributed by atoms with van der Waals surface area (Å²) in [5.74, 6) is 0.812. The van der Waals surface area contributed by atoms with Crippen LogP contribution in [0, 0.1) is 11.3 Å². The first kappa shape index (κ1) is 12.4. The summed E-state index contributed by atoms with van der Waals surface area (Å²) in [4.78, 5) is 13.8. The highest BCUT2D eigenvalue weighted by Crippen LogP contribution is 2.18. The summed E-state index contributed by atoms with van der Waals surface area (Å²) in [6.45, 7) is 0.702. The molecule has 0 aliphatic carbocycles. The SMILES string of the molecule is COc1ccc(CC(=O)N2CCCC2C#N)cc1. The number of rotatable bonds is 3. The number of likely N-dealkylation sites (tertiary alicyclic amines) is 1. The number of hydrogen-bond acceptors (Lipinski definition) is 3. The summed E-state index contributed by atoms with van der Waals surface area (Å²) in [6, 6.07) is 9.39. The van der Waals surface area contributed by atoms with Crippen molar-refractivity contribution in [2.24, 2.45) is 0 Å². The fraction of sp³-hybridized carbons (Fsp3) is 0.429. The maximum Gasteiger partial charge on any atom is 0.228 e. The first-order chi connectivity index (χ1) is 8.74. The van der Waals surface area contributed by atoms with E-state index in [1.807, 2.05) is 24.3 Å². The molecular formula is C14H16N2O2. The molecule has 1 atom stereocenters. The van der Waals surface area contributed by atoms with Crippen molar-refractivity contribution in [2.45, 2.75) is 25.3 Å². The predicted octanol–water partition coefficient (Wildman–Crippen LogP) is 1.75.